The number of aromatic nitrogens is 4. The second-order valence-corrected chi connectivity index (χ2v) is 7.08. The molecule has 0 saturated carbocycles. The molecule has 0 spiro atoms. The van der Waals surface area contributed by atoms with Crippen LogP contribution in [-0.4, -0.2) is 42.5 Å². The second-order valence-electron chi connectivity index (χ2n) is 6.27. The van der Waals surface area contributed by atoms with Crippen molar-refractivity contribution in [1.82, 2.24) is 25.6 Å². The number of halogens is 2. The molecule has 0 bridgehead atoms. The Morgan fingerprint density at radius 3 is 2.77 bits per heavy atom. The van der Waals surface area contributed by atoms with Crippen LogP contribution < -0.4 is 0 Å². The van der Waals surface area contributed by atoms with Gasteiger partial charge in [0.25, 0.3) is 0 Å². The highest BCUT2D eigenvalue weighted by atomic mass is 35.5. The van der Waals surface area contributed by atoms with Crippen molar-refractivity contribution in [2.24, 2.45) is 11.0 Å². The number of fused-ring (bicyclic) bond motifs is 1. The summed E-state index contributed by atoms with van der Waals surface area (Å²) in [6.07, 6.45) is 5.00. The van der Waals surface area contributed by atoms with Crippen LogP contribution in [0.1, 0.15) is 24.4 Å². The van der Waals surface area contributed by atoms with Gasteiger partial charge >= 0.3 is 0 Å². The minimum Gasteiger partial charge on any atom is -0.380 e. The molecule has 2 aliphatic rings. The summed E-state index contributed by atoms with van der Waals surface area (Å²) in [6.45, 7) is 2.47. The van der Waals surface area contributed by atoms with Gasteiger partial charge in [-0.05, 0) is 35.1 Å². The van der Waals surface area contributed by atoms with E-state index in [1.54, 1.807) is 0 Å². The number of tetrazole rings is 1. The molecular formula is C17H16Cl2N6O. The molecule has 2 heterocycles. The van der Waals surface area contributed by atoms with Crippen LogP contribution in [0.25, 0.3) is 0 Å². The first kappa shape index (κ1) is 17.2. The highest BCUT2D eigenvalue weighted by Crippen LogP contribution is 2.35. The number of hydrogen-bond acceptors (Lipinski definition) is 6. The number of aliphatic hydroxyl groups excluding tert-OH is 1. The smallest absolute Gasteiger partial charge is 0.182 e. The molecule has 3 atom stereocenters. The molecule has 1 aromatic heterocycles. The Morgan fingerprint density at radius 1 is 1.31 bits per heavy atom. The number of H-pyrrole nitrogens is 1. The molecule has 134 valence electrons. The maximum Gasteiger partial charge on any atom is 0.182 e. The molecular weight excluding hydrogens is 375 g/mol. The van der Waals surface area contributed by atoms with Crippen LogP contribution in [0.5, 0.6) is 0 Å². The van der Waals surface area contributed by atoms with E-state index >= 15 is 0 Å². The van der Waals surface area contributed by atoms with Crippen molar-refractivity contribution in [3.05, 3.63) is 63.4 Å². The van der Waals surface area contributed by atoms with Gasteiger partial charge in [0.2, 0.25) is 0 Å². The average molecular weight is 391 g/mol. The molecule has 1 aliphatic heterocycles. The Hall–Kier alpha value is -2.22. The van der Waals surface area contributed by atoms with Gasteiger partial charge in [-0.25, -0.2) is 5.10 Å². The predicted octanol–water partition coefficient (Wildman–Crippen LogP) is 2.91. The van der Waals surface area contributed by atoms with E-state index in [2.05, 4.69) is 25.7 Å². The minimum atomic E-state index is -0.922. The normalized spacial score (nSPS) is 22.8. The first-order valence-electron chi connectivity index (χ1n) is 8.11. The standard InChI is InChI=1S/C17H16Cl2N6O/c1-9-11-6-5-10(16(26)17-20-23-24-21-17)7-15(11)25(22-9)8-12-13(18)3-2-4-14(12)19/h2-7,11,15-16,26H,8H2,1H3,(H,20,21,23,24). The highest BCUT2D eigenvalue weighted by molar-refractivity contribution is 6.35. The Labute approximate surface area is 160 Å². The van der Waals surface area contributed by atoms with Crippen LogP contribution in [0.2, 0.25) is 10.0 Å². The van der Waals surface area contributed by atoms with E-state index in [4.69, 9.17) is 23.2 Å². The summed E-state index contributed by atoms with van der Waals surface area (Å²) in [5, 5.41) is 31.7. The molecule has 0 fully saturated rings. The van der Waals surface area contributed by atoms with Crippen LogP contribution in [0.3, 0.4) is 0 Å². The summed E-state index contributed by atoms with van der Waals surface area (Å²) in [5.74, 6) is 0.441. The van der Waals surface area contributed by atoms with E-state index < -0.39 is 6.10 Å². The maximum atomic E-state index is 10.5. The molecule has 3 unspecified atom stereocenters. The molecule has 26 heavy (non-hydrogen) atoms. The SMILES string of the molecule is CC1=NN(Cc2c(Cl)cccc2Cl)C2C=C(C(O)c3nnn[nH]3)C=CC12. The largest absolute Gasteiger partial charge is 0.380 e. The van der Waals surface area contributed by atoms with Gasteiger partial charge in [-0.1, -0.05) is 47.5 Å². The van der Waals surface area contributed by atoms with Crippen LogP contribution in [0, 0.1) is 5.92 Å². The van der Waals surface area contributed by atoms with Gasteiger partial charge in [0.1, 0.15) is 6.10 Å². The summed E-state index contributed by atoms with van der Waals surface area (Å²) in [5.41, 5.74) is 2.54. The van der Waals surface area contributed by atoms with E-state index in [0.717, 1.165) is 11.3 Å². The fourth-order valence-electron chi connectivity index (χ4n) is 3.29. The van der Waals surface area contributed by atoms with Crippen LogP contribution >= 0.6 is 23.2 Å². The third-order valence-electron chi connectivity index (χ3n) is 4.66. The van der Waals surface area contributed by atoms with Gasteiger partial charge in [-0.3, -0.25) is 5.01 Å². The highest BCUT2D eigenvalue weighted by Gasteiger charge is 2.35. The zero-order valence-electron chi connectivity index (χ0n) is 13.8. The zero-order valence-corrected chi connectivity index (χ0v) is 15.4. The number of rotatable bonds is 4. The maximum absolute atomic E-state index is 10.5. The summed E-state index contributed by atoms with van der Waals surface area (Å²) in [7, 11) is 0. The van der Waals surface area contributed by atoms with Crippen molar-refractivity contribution < 1.29 is 5.11 Å². The summed E-state index contributed by atoms with van der Waals surface area (Å²) in [4.78, 5) is 0. The van der Waals surface area contributed by atoms with E-state index in [0.29, 0.717) is 28.0 Å². The molecule has 1 aromatic carbocycles. The first-order valence-corrected chi connectivity index (χ1v) is 8.86. The van der Waals surface area contributed by atoms with E-state index in [9.17, 15) is 5.11 Å². The van der Waals surface area contributed by atoms with E-state index in [1.165, 1.54) is 0 Å². The fourth-order valence-corrected chi connectivity index (χ4v) is 3.80. The Balaban J connectivity index is 1.62. The van der Waals surface area contributed by atoms with Crippen molar-refractivity contribution in [2.75, 3.05) is 0 Å². The van der Waals surface area contributed by atoms with Gasteiger partial charge in [-0.15, -0.1) is 5.10 Å². The van der Waals surface area contributed by atoms with Crippen molar-refractivity contribution in [3.63, 3.8) is 0 Å². The van der Waals surface area contributed by atoms with Gasteiger partial charge in [-0.2, -0.15) is 5.10 Å². The quantitative estimate of drug-likeness (QED) is 0.837. The first-order chi connectivity index (χ1) is 12.5. The number of aromatic amines is 1. The fraction of sp³-hybridized carbons (Fsp3) is 0.294. The van der Waals surface area contributed by atoms with Crippen LogP contribution in [-0.2, 0) is 6.54 Å². The number of benzene rings is 1. The van der Waals surface area contributed by atoms with Gasteiger partial charge in [0.15, 0.2) is 5.82 Å². The topological polar surface area (TPSA) is 90.3 Å². The lowest BCUT2D eigenvalue weighted by molar-refractivity contribution is 0.200. The summed E-state index contributed by atoms with van der Waals surface area (Å²) < 4.78 is 0. The molecule has 0 radical (unpaired) electrons. The van der Waals surface area contributed by atoms with Gasteiger partial charge in [0, 0.05) is 27.2 Å². The average Bonchev–Trinajstić information content (AvgIpc) is 3.26. The zero-order chi connectivity index (χ0) is 18.3. The summed E-state index contributed by atoms with van der Waals surface area (Å²) >= 11 is 12.6. The number of hydrogen-bond donors (Lipinski definition) is 2. The van der Waals surface area contributed by atoms with Crippen molar-refractivity contribution in [3.8, 4) is 0 Å². The third-order valence-corrected chi connectivity index (χ3v) is 5.37. The molecule has 0 amide bonds. The molecule has 0 saturated heterocycles. The monoisotopic (exact) mass is 390 g/mol. The lowest BCUT2D eigenvalue weighted by Crippen LogP contribution is -2.32. The Bertz CT molecular complexity index is 888. The van der Waals surface area contributed by atoms with E-state index in [1.807, 2.05) is 48.4 Å². The molecule has 4 rings (SSSR count). The number of aliphatic hydroxyl groups is 1. The lowest BCUT2D eigenvalue weighted by atomic mass is 9.87. The van der Waals surface area contributed by atoms with Crippen molar-refractivity contribution >= 4 is 28.9 Å². The summed E-state index contributed by atoms with van der Waals surface area (Å²) in [6, 6.07) is 5.41. The van der Waals surface area contributed by atoms with Crippen molar-refractivity contribution in [2.45, 2.75) is 25.6 Å². The van der Waals surface area contributed by atoms with Crippen LogP contribution in [0.15, 0.2) is 47.1 Å². The predicted molar refractivity (Wildman–Crippen MR) is 98.8 cm³/mol. The molecule has 2 aromatic rings. The number of nitrogens with one attached hydrogen (secondary N) is 1. The van der Waals surface area contributed by atoms with Crippen LogP contribution in [0.4, 0.5) is 0 Å². The third kappa shape index (κ3) is 3.02. The molecule has 9 heteroatoms. The van der Waals surface area contributed by atoms with Gasteiger partial charge < -0.3 is 5.11 Å². The Morgan fingerprint density at radius 2 is 2.08 bits per heavy atom. The molecule has 1 aliphatic carbocycles. The molecule has 2 N–H and O–H groups in total. The van der Waals surface area contributed by atoms with E-state index in [-0.39, 0.29) is 12.0 Å². The minimum absolute atomic E-state index is 0.0344. The number of hydrazone groups is 1. The lowest BCUT2D eigenvalue weighted by Gasteiger charge is -2.28. The number of nitrogens with zero attached hydrogens (tertiary/aromatic N) is 5. The van der Waals surface area contributed by atoms with Gasteiger partial charge in [0.05, 0.1) is 12.6 Å². The Kier molecular flexibility index (Phi) is 4.52. The second kappa shape index (κ2) is 6.83. The van der Waals surface area contributed by atoms with Crippen molar-refractivity contribution in [1.29, 1.82) is 0 Å². The molecule has 7 nitrogen and oxygen atoms in total.